The first-order chi connectivity index (χ1) is 16.9. The van der Waals surface area contributed by atoms with Crippen LogP contribution in [0.5, 0.6) is 0 Å². The van der Waals surface area contributed by atoms with E-state index in [1.807, 2.05) is 25.3 Å². The summed E-state index contributed by atoms with van der Waals surface area (Å²) in [4.78, 5) is 14.2. The summed E-state index contributed by atoms with van der Waals surface area (Å²) in [7, 11) is 0. The fourth-order valence-corrected chi connectivity index (χ4v) is 4.77. The number of hydrogen-bond donors (Lipinski definition) is 0. The first-order valence-electron chi connectivity index (χ1n) is 11.8. The van der Waals surface area contributed by atoms with Gasteiger partial charge in [0.05, 0.1) is 11.4 Å². The normalized spacial score (nSPS) is 14.1. The van der Waals surface area contributed by atoms with E-state index in [-0.39, 0.29) is 0 Å². The molecule has 1 aliphatic carbocycles. The number of aromatic nitrogens is 2. The molecule has 0 amide bonds. The van der Waals surface area contributed by atoms with Crippen LogP contribution < -0.4 is 4.57 Å². The molecule has 0 unspecified atom stereocenters. The number of benzene rings is 3. The maximum Gasteiger partial charge on any atom is 0.239 e. The molecule has 0 radical (unpaired) electrons. The molecule has 1 aromatic heterocycles. The standard InChI is InChI=1S/C31H29N4/c1-7-23-15-24(22(5)21(23)4)18-33-27-17-31-29(14-20(27)3)34-28-13-19(2)26(32-6)16-30(28)35(31)25-11-9-8-10-12-25/h7-14,16-18H,1,6,15H2,2-5H3/q+1. The van der Waals surface area contributed by atoms with Crippen molar-refractivity contribution in [3.63, 3.8) is 0 Å². The van der Waals surface area contributed by atoms with Crippen LogP contribution in [-0.2, 0) is 0 Å². The van der Waals surface area contributed by atoms with Crippen molar-refractivity contribution in [1.82, 2.24) is 4.98 Å². The van der Waals surface area contributed by atoms with Crippen LogP contribution in [0.3, 0.4) is 0 Å². The monoisotopic (exact) mass is 457 g/mol. The second-order valence-electron chi connectivity index (χ2n) is 9.14. The smallest absolute Gasteiger partial charge is 0.239 e. The lowest BCUT2D eigenvalue weighted by Crippen LogP contribution is -2.33. The van der Waals surface area contributed by atoms with E-state index in [4.69, 9.17) is 9.98 Å². The Labute approximate surface area is 206 Å². The molecule has 0 fully saturated rings. The van der Waals surface area contributed by atoms with Crippen LogP contribution in [0.15, 0.2) is 99.5 Å². The van der Waals surface area contributed by atoms with Gasteiger partial charge in [0.15, 0.2) is 0 Å². The fourth-order valence-electron chi connectivity index (χ4n) is 4.77. The number of nitrogens with zero attached hydrogens (tertiary/aromatic N) is 4. The molecule has 0 spiro atoms. The van der Waals surface area contributed by atoms with Gasteiger partial charge in [-0.3, -0.25) is 9.98 Å². The quantitative estimate of drug-likeness (QED) is 0.173. The molecule has 0 saturated carbocycles. The average Bonchev–Trinajstić information content (AvgIpc) is 3.14. The predicted molar refractivity (Wildman–Crippen MR) is 148 cm³/mol. The van der Waals surface area contributed by atoms with Crippen LogP contribution in [0.4, 0.5) is 11.4 Å². The Morgan fingerprint density at radius 1 is 0.829 bits per heavy atom. The van der Waals surface area contributed by atoms with Crippen molar-refractivity contribution in [2.75, 3.05) is 0 Å². The van der Waals surface area contributed by atoms with Crippen molar-refractivity contribution >= 4 is 46.4 Å². The summed E-state index contributed by atoms with van der Waals surface area (Å²) in [6, 6.07) is 18.8. The van der Waals surface area contributed by atoms with Gasteiger partial charge < -0.3 is 0 Å². The molecule has 35 heavy (non-hydrogen) atoms. The van der Waals surface area contributed by atoms with Crippen LogP contribution in [0.1, 0.15) is 31.4 Å². The molecule has 5 rings (SSSR count). The number of rotatable bonds is 5. The Morgan fingerprint density at radius 3 is 2.03 bits per heavy atom. The molecule has 172 valence electrons. The van der Waals surface area contributed by atoms with Gasteiger partial charge in [0.2, 0.25) is 16.7 Å². The van der Waals surface area contributed by atoms with E-state index in [1.165, 1.54) is 22.3 Å². The highest BCUT2D eigenvalue weighted by atomic mass is 15.0. The highest BCUT2D eigenvalue weighted by Crippen LogP contribution is 2.33. The average molecular weight is 458 g/mol. The third-order valence-corrected chi connectivity index (χ3v) is 7.01. The molecular weight excluding hydrogens is 428 g/mol. The Hall–Kier alpha value is -4.18. The zero-order valence-electron chi connectivity index (χ0n) is 20.8. The molecule has 0 aliphatic heterocycles. The molecular formula is C31H29N4+. The molecule has 0 atom stereocenters. The maximum absolute atomic E-state index is 5.02. The molecule has 3 aromatic carbocycles. The predicted octanol–water partition coefficient (Wildman–Crippen LogP) is 7.54. The molecule has 4 heteroatoms. The summed E-state index contributed by atoms with van der Waals surface area (Å²) < 4.78 is 2.24. The van der Waals surface area contributed by atoms with Crippen LogP contribution in [-0.4, -0.2) is 17.9 Å². The van der Waals surface area contributed by atoms with E-state index in [0.29, 0.717) is 0 Å². The number of fused-ring (bicyclic) bond motifs is 2. The maximum atomic E-state index is 5.02. The third kappa shape index (κ3) is 3.91. The minimum absolute atomic E-state index is 0.859. The summed E-state index contributed by atoms with van der Waals surface area (Å²) in [5, 5.41) is 0. The Kier molecular flexibility index (Phi) is 5.73. The Morgan fingerprint density at radius 2 is 1.43 bits per heavy atom. The summed E-state index contributed by atoms with van der Waals surface area (Å²) in [6.45, 7) is 16.2. The van der Waals surface area contributed by atoms with E-state index in [1.54, 1.807) is 0 Å². The van der Waals surface area contributed by atoms with Crippen molar-refractivity contribution in [2.45, 2.75) is 34.1 Å². The fraction of sp³-hybridized carbons (Fsp3) is 0.161. The van der Waals surface area contributed by atoms with Crippen molar-refractivity contribution in [3.05, 3.63) is 101 Å². The Balaban J connectivity index is 1.74. The van der Waals surface area contributed by atoms with E-state index < -0.39 is 0 Å². The molecule has 1 aliphatic rings. The highest BCUT2D eigenvalue weighted by molar-refractivity contribution is 5.90. The molecule has 4 aromatic rings. The number of para-hydroxylation sites is 1. The minimum Gasteiger partial charge on any atom is -0.264 e. The molecule has 0 N–H and O–H groups in total. The number of aryl methyl sites for hydroxylation is 2. The largest absolute Gasteiger partial charge is 0.264 e. The SMILES string of the molecule is C=CC1=C(C)C(C)=C(C=Nc2cc3c(cc2C)nc2cc(C)c(N=C)cc2[n+]3-c2ccccc2)C1. The lowest BCUT2D eigenvalue weighted by Gasteiger charge is -2.09. The number of aliphatic imine (C=N–C) groups is 2. The van der Waals surface area contributed by atoms with Gasteiger partial charge >= 0.3 is 0 Å². The molecule has 0 bridgehead atoms. The van der Waals surface area contributed by atoms with Gasteiger partial charge in [-0.15, -0.1) is 4.57 Å². The van der Waals surface area contributed by atoms with Crippen molar-refractivity contribution < 1.29 is 4.57 Å². The summed E-state index contributed by atoms with van der Waals surface area (Å²) in [6.07, 6.45) is 4.84. The van der Waals surface area contributed by atoms with Gasteiger partial charge in [-0.2, -0.15) is 0 Å². The summed E-state index contributed by atoms with van der Waals surface area (Å²) in [5.74, 6) is 0. The lowest BCUT2D eigenvalue weighted by molar-refractivity contribution is -0.538. The van der Waals surface area contributed by atoms with Crippen molar-refractivity contribution in [2.24, 2.45) is 9.98 Å². The van der Waals surface area contributed by atoms with Gasteiger partial charge in [-0.25, -0.2) is 4.98 Å². The second-order valence-corrected chi connectivity index (χ2v) is 9.14. The highest BCUT2D eigenvalue weighted by Gasteiger charge is 2.22. The molecule has 4 nitrogen and oxygen atoms in total. The third-order valence-electron chi connectivity index (χ3n) is 7.01. The molecule has 0 saturated heterocycles. The van der Waals surface area contributed by atoms with E-state index >= 15 is 0 Å². The number of hydrogen-bond acceptors (Lipinski definition) is 3. The zero-order valence-corrected chi connectivity index (χ0v) is 20.8. The minimum atomic E-state index is 0.859. The van der Waals surface area contributed by atoms with Gasteiger partial charge in [0.25, 0.3) is 0 Å². The first kappa shape index (κ1) is 22.6. The van der Waals surface area contributed by atoms with Gasteiger partial charge in [0.1, 0.15) is 11.0 Å². The topological polar surface area (TPSA) is 41.5 Å². The van der Waals surface area contributed by atoms with Crippen LogP contribution >= 0.6 is 0 Å². The van der Waals surface area contributed by atoms with Crippen LogP contribution in [0.2, 0.25) is 0 Å². The zero-order chi connectivity index (χ0) is 24.7. The first-order valence-corrected chi connectivity index (χ1v) is 11.8. The van der Waals surface area contributed by atoms with Crippen LogP contribution in [0, 0.1) is 13.8 Å². The van der Waals surface area contributed by atoms with E-state index in [2.05, 4.69) is 92.2 Å². The number of allylic oxidation sites excluding steroid dienone is 5. The van der Waals surface area contributed by atoms with Gasteiger partial charge in [0, 0.05) is 30.5 Å². The van der Waals surface area contributed by atoms with Gasteiger partial charge in [-0.1, -0.05) is 30.9 Å². The van der Waals surface area contributed by atoms with Gasteiger partial charge in [-0.05, 0) is 86.4 Å². The van der Waals surface area contributed by atoms with Crippen molar-refractivity contribution in [3.8, 4) is 5.69 Å². The second kappa shape index (κ2) is 8.88. The Bertz CT molecular complexity index is 1620. The lowest BCUT2D eigenvalue weighted by atomic mass is 10.1. The van der Waals surface area contributed by atoms with Crippen molar-refractivity contribution in [1.29, 1.82) is 0 Å². The van der Waals surface area contributed by atoms with E-state index in [9.17, 15) is 0 Å². The molecule has 1 heterocycles. The summed E-state index contributed by atoms with van der Waals surface area (Å²) in [5.41, 5.74) is 13.9. The van der Waals surface area contributed by atoms with Crippen LogP contribution in [0.25, 0.3) is 27.8 Å². The summed E-state index contributed by atoms with van der Waals surface area (Å²) >= 11 is 0. The van der Waals surface area contributed by atoms with E-state index in [0.717, 1.165) is 56.7 Å².